The van der Waals surface area contributed by atoms with Gasteiger partial charge in [0.25, 0.3) is 5.79 Å². The Morgan fingerprint density at radius 2 is 1.73 bits per heavy atom. The first-order valence-electron chi connectivity index (χ1n) is 8.23. The highest BCUT2D eigenvalue weighted by molar-refractivity contribution is 5.98. The summed E-state index contributed by atoms with van der Waals surface area (Å²) < 4.78 is 23.2. The zero-order chi connectivity index (χ0) is 17.9. The molecule has 130 valence electrons. The Hall–Kier alpha value is -3.34. The molecule has 2 heterocycles. The Morgan fingerprint density at radius 3 is 2.54 bits per heavy atom. The molecule has 5 rings (SSSR count). The number of methoxy groups -OCH3 is 2. The summed E-state index contributed by atoms with van der Waals surface area (Å²) in [5.74, 6) is 1.48. The van der Waals surface area contributed by atoms with Crippen LogP contribution in [0.4, 0.5) is 0 Å². The molecule has 0 aromatic heterocycles. The zero-order valence-corrected chi connectivity index (χ0v) is 14.3. The molecular formula is C21H16O5. The maximum atomic E-state index is 9.99. The zero-order valence-electron chi connectivity index (χ0n) is 14.3. The number of ether oxygens (including phenoxy) is 4. The van der Waals surface area contributed by atoms with E-state index < -0.39 is 5.79 Å². The van der Waals surface area contributed by atoms with Gasteiger partial charge in [-0.3, -0.25) is 0 Å². The normalized spacial score (nSPS) is 19.2. The molecule has 0 saturated heterocycles. The van der Waals surface area contributed by atoms with Crippen molar-refractivity contribution in [3.05, 3.63) is 59.7 Å². The lowest BCUT2D eigenvalue weighted by atomic mass is 9.96. The molecular weight excluding hydrogens is 332 g/mol. The number of phenolic OH excluding ortho intramolecular Hbond substituents is 1. The maximum absolute atomic E-state index is 9.99. The second kappa shape index (κ2) is 5.08. The van der Waals surface area contributed by atoms with Gasteiger partial charge in [-0.25, -0.2) is 0 Å². The van der Waals surface area contributed by atoms with Crippen LogP contribution >= 0.6 is 0 Å². The fourth-order valence-electron chi connectivity index (χ4n) is 3.66. The van der Waals surface area contributed by atoms with E-state index in [2.05, 4.69) is 0 Å². The SMILES string of the molecule is COc1cc2c(cc1O)C=C[C@@]1(O2)Oc2cccc3c(OC)ccc1c23. The highest BCUT2D eigenvalue weighted by atomic mass is 16.7. The first-order valence-corrected chi connectivity index (χ1v) is 8.23. The first-order chi connectivity index (χ1) is 12.6. The molecule has 2 aliphatic rings. The van der Waals surface area contributed by atoms with Crippen molar-refractivity contribution < 1.29 is 24.1 Å². The lowest BCUT2D eigenvalue weighted by Gasteiger charge is -2.31. The van der Waals surface area contributed by atoms with Crippen molar-refractivity contribution in [1.82, 2.24) is 0 Å². The van der Waals surface area contributed by atoms with Crippen LogP contribution in [0.15, 0.2) is 48.5 Å². The van der Waals surface area contributed by atoms with Gasteiger partial charge in [0, 0.05) is 28.5 Å². The van der Waals surface area contributed by atoms with Gasteiger partial charge in [0.2, 0.25) is 0 Å². The van der Waals surface area contributed by atoms with Crippen LogP contribution in [0.3, 0.4) is 0 Å². The smallest absolute Gasteiger partial charge is 0.299 e. The fourth-order valence-corrected chi connectivity index (χ4v) is 3.66. The van der Waals surface area contributed by atoms with Crippen LogP contribution in [0.1, 0.15) is 11.1 Å². The number of aromatic hydroxyl groups is 1. The van der Waals surface area contributed by atoms with E-state index in [-0.39, 0.29) is 5.75 Å². The predicted molar refractivity (Wildman–Crippen MR) is 97.1 cm³/mol. The number of hydrogen-bond acceptors (Lipinski definition) is 5. The molecule has 0 amide bonds. The first kappa shape index (κ1) is 15.0. The Kier molecular flexibility index (Phi) is 2.92. The minimum Gasteiger partial charge on any atom is -0.504 e. The van der Waals surface area contributed by atoms with E-state index in [1.54, 1.807) is 19.2 Å². The fraction of sp³-hybridized carbons (Fsp3) is 0.143. The van der Waals surface area contributed by atoms with Crippen molar-refractivity contribution in [2.24, 2.45) is 0 Å². The quantitative estimate of drug-likeness (QED) is 0.752. The minimum atomic E-state index is -1.05. The van der Waals surface area contributed by atoms with Crippen LogP contribution in [-0.4, -0.2) is 19.3 Å². The Morgan fingerprint density at radius 1 is 0.923 bits per heavy atom. The molecule has 5 nitrogen and oxygen atoms in total. The number of hydrogen-bond donors (Lipinski definition) is 1. The highest BCUT2D eigenvalue weighted by Crippen LogP contribution is 2.51. The molecule has 0 bridgehead atoms. The molecule has 1 spiro atoms. The number of fused-ring (bicyclic) bond motifs is 2. The summed E-state index contributed by atoms with van der Waals surface area (Å²) in [5.41, 5.74) is 1.68. The summed E-state index contributed by atoms with van der Waals surface area (Å²) in [6.45, 7) is 0. The summed E-state index contributed by atoms with van der Waals surface area (Å²) in [5, 5.41) is 11.9. The van der Waals surface area contributed by atoms with Gasteiger partial charge in [-0.15, -0.1) is 0 Å². The van der Waals surface area contributed by atoms with Gasteiger partial charge in [-0.05, 0) is 30.3 Å². The third-order valence-corrected chi connectivity index (χ3v) is 4.87. The van der Waals surface area contributed by atoms with Gasteiger partial charge in [-0.1, -0.05) is 12.1 Å². The second-order valence-corrected chi connectivity index (χ2v) is 6.26. The molecule has 0 fully saturated rings. The lowest BCUT2D eigenvalue weighted by Crippen LogP contribution is -2.36. The van der Waals surface area contributed by atoms with E-state index in [4.69, 9.17) is 18.9 Å². The average Bonchev–Trinajstić information content (AvgIpc) is 2.96. The van der Waals surface area contributed by atoms with Crippen molar-refractivity contribution in [2.75, 3.05) is 14.2 Å². The maximum Gasteiger partial charge on any atom is 0.299 e. The summed E-state index contributed by atoms with van der Waals surface area (Å²) in [4.78, 5) is 0. The molecule has 26 heavy (non-hydrogen) atoms. The van der Waals surface area contributed by atoms with E-state index in [9.17, 15) is 5.11 Å². The second-order valence-electron chi connectivity index (χ2n) is 6.26. The molecule has 3 aromatic carbocycles. The van der Waals surface area contributed by atoms with Crippen LogP contribution in [0.25, 0.3) is 16.8 Å². The van der Waals surface area contributed by atoms with E-state index in [1.165, 1.54) is 7.11 Å². The standard InChI is InChI=1S/C21H16O5/c1-23-16-7-6-14-20-13(16)4-3-5-17(20)25-21(14)9-8-12-10-15(22)19(24-2)11-18(12)26-21/h3-11,22H,1-2H3/t21-/m0/s1. The van der Waals surface area contributed by atoms with Gasteiger partial charge in [0.05, 0.1) is 19.8 Å². The van der Waals surface area contributed by atoms with Gasteiger partial charge >= 0.3 is 0 Å². The summed E-state index contributed by atoms with van der Waals surface area (Å²) >= 11 is 0. The molecule has 0 saturated carbocycles. The Labute approximate surface area is 150 Å². The summed E-state index contributed by atoms with van der Waals surface area (Å²) in [7, 11) is 3.16. The highest BCUT2D eigenvalue weighted by Gasteiger charge is 2.44. The Bertz CT molecular complexity index is 1090. The van der Waals surface area contributed by atoms with E-state index >= 15 is 0 Å². The topological polar surface area (TPSA) is 57.2 Å². The van der Waals surface area contributed by atoms with Crippen molar-refractivity contribution in [2.45, 2.75) is 5.79 Å². The van der Waals surface area contributed by atoms with Crippen LogP contribution in [-0.2, 0) is 5.79 Å². The molecule has 1 N–H and O–H groups in total. The lowest BCUT2D eigenvalue weighted by molar-refractivity contribution is -0.0686. The van der Waals surface area contributed by atoms with Crippen molar-refractivity contribution in [3.63, 3.8) is 0 Å². The average molecular weight is 348 g/mol. The molecule has 0 aliphatic carbocycles. The van der Waals surface area contributed by atoms with Crippen molar-refractivity contribution >= 4 is 16.8 Å². The Balaban J connectivity index is 1.70. The third-order valence-electron chi connectivity index (χ3n) is 4.87. The van der Waals surface area contributed by atoms with E-state index in [0.29, 0.717) is 11.5 Å². The van der Waals surface area contributed by atoms with Crippen molar-refractivity contribution in [3.8, 4) is 28.7 Å². The monoisotopic (exact) mass is 348 g/mol. The van der Waals surface area contributed by atoms with Gasteiger partial charge in [0.1, 0.15) is 17.2 Å². The molecule has 3 aromatic rings. The number of benzene rings is 3. The van der Waals surface area contributed by atoms with Crippen LogP contribution in [0.2, 0.25) is 0 Å². The largest absolute Gasteiger partial charge is 0.504 e. The van der Waals surface area contributed by atoms with Crippen LogP contribution < -0.4 is 18.9 Å². The molecule has 0 unspecified atom stereocenters. The summed E-state index contributed by atoms with van der Waals surface area (Å²) in [6, 6.07) is 13.0. The van der Waals surface area contributed by atoms with Crippen molar-refractivity contribution in [1.29, 1.82) is 0 Å². The molecule has 5 heteroatoms. The van der Waals surface area contributed by atoms with E-state index in [1.807, 2.05) is 42.5 Å². The van der Waals surface area contributed by atoms with E-state index in [0.717, 1.165) is 33.4 Å². The molecule has 0 radical (unpaired) electrons. The minimum absolute atomic E-state index is 0.0675. The molecule has 2 aliphatic heterocycles. The summed E-state index contributed by atoms with van der Waals surface area (Å²) in [6.07, 6.45) is 3.75. The van der Waals surface area contributed by atoms with Gasteiger partial charge in [0.15, 0.2) is 11.5 Å². The van der Waals surface area contributed by atoms with Crippen LogP contribution in [0, 0.1) is 0 Å². The molecule has 1 atom stereocenters. The number of rotatable bonds is 2. The number of phenols is 1. The predicted octanol–water partition coefficient (Wildman–Crippen LogP) is 4.21. The third kappa shape index (κ3) is 1.85. The van der Waals surface area contributed by atoms with Gasteiger partial charge in [-0.2, -0.15) is 0 Å². The van der Waals surface area contributed by atoms with Gasteiger partial charge < -0.3 is 24.1 Å². The van der Waals surface area contributed by atoms with Crippen LogP contribution in [0.5, 0.6) is 28.7 Å².